The van der Waals surface area contributed by atoms with Crippen LogP contribution in [-0.4, -0.2) is 10.9 Å². The second-order valence-electron chi connectivity index (χ2n) is 5.45. The van der Waals surface area contributed by atoms with Crippen molar-refractivity contribution in [2.45, 2.75) is 6.54 Å². The van der Waals surface area contributed by atoms with Crippen molar-refractivity contribution in [3.05, 3.63) is 101 Å². The molecule has 1 heterocycles. The second-order valence-corrected chi connectivity index (χ2v) is 5.86. The van der Waals surface area contributed by atoms with Crippen LogP contribution in [0.4, 0.5) is 0 Å². The average molecular weight is 349 g/mol. The second kappa shape index (κ2) is 8.27. The number of aromatic nitrogens is 1. The molecule has 0 unspecified atom stereocenters. The first-order valence-electron chi connectivity index (χ1n) is 7.94. The van der Waals surface area contributed by atoms with E-state index < -0.39 is 0 Å². The third kappa shape index (κ3) is 4.55. The first-order chi connectivity index (χ1) is 12.2. The van der Waals surface area contributed by atoms with Crippen molar-refractivity contribution >= 4 is 29.2 Å². The lowest BCUT2D eigenvalue weighted by Crippen LogP contribution is -2.24. The van der Waals surface area contributed by atoms with Crippen molar-refractivity contribution in [1.82, 2.24) is 10.3 Å². The zero-order chi connectivity index (χ0) is 17.5. The number of halogens is 1. The van der Waals surface area contributed by atoms with Gasteiger partial charge in [0, 0.05) is 16.8 Å². The summed E-state index contributed by atoms with van der Waals surface area (Å²) in [6.07, 6.45) is 3.52. The van der Waals surface area contributed by atoms with Crippen LogP contribution in [0.3, 0.4) is 0 Å². The summed E-state index contributed by atoms with van der Waals surface area (Å²) in [7, 11) is 0. The van der Waals surface area contributed by atoms with Crippen molar-refractivity contribution < 1.29 is 4.79 Å². The van der Waals surface area contributed by atoms with Crippen LogP contribution < -0.4 is 5.32 Å². The summed E-state index contributed by atoms with van der Waals surface area (Å²) >= 11 is 6.25. The molecule has 0 bridgehead atoms. The molecule has 3 nitrogen and oxygen atoms in total. The minimum Gasteiger partial charge on any atom is -0.346 e. The quantitative estimate of drug-likeness (QED) is 0.541. The molecule has 0 fully saturated rings. The minimum absolute atomic E-state index is 0.170. The van der Waals surface area contributed by atoms with Gasteiger partial charge in [-0.05, 0) is 35.4 Å². The van der Waals surface area contributed by atoms with Crippen molar-refractivity contribution in [1.29, 1.82) is 0 Å². The first kappa shape index (κ1) is 16.9. The number of benzene rings is 2. The van der Waals surface area contributed by atoms with E-state index in [4.69, 9.17) is 11.6 Å². The molecule has 2 aromatic carbocycles. The van der Waals surface area contributed by atoms with E-state index in [9.17, 15) is 4.79 Å². The standard InChI is InChI=1S/C21H17ClN2O/c22-20-12-5-4-10-17(20)14-19(16-8-2-1-3-9-16)21(25)24-15-18-11-6-7-13-23-18/h1-14H,15H2,(H,24,25)/b19-14+. The van der Waals surface area contributed by atoms with E-state index in [-0.39, 0.29) is 5.91 Å². The molecule has 1 N–H and O–H groups in total. The number of nitrogens with zero attached hydrogens (tertiary/aromatic N) is 1. The molecule has 124 valence electrons. The topological polar surface area (TPSA) is 42.0 Å². The van der Waals surface area contributed by atoms with E-state index in [0.717, 1.165) is 16.8 Å². The number of carbonyl (C=O) groups is 1. The van der Waals surface area contributed by atoms with Crippen molar-refractivity contribution in [3.63, 3.8) is 0 Å². The van der Waals surface area contributed by atoms with Gasteiger partial charge in [-0.15, -0.1) is 0 Å². The predicted octanol–water partition coefficient (Wildman–Crippen LogP) is 4.59. The molecule has 0 saturated heterocycles. The van der Waals surface area contributed by atoms with E-state index in [2.05, 4.69) is 10.3 Å². The Morgan fingerprint density at radius 2 is 1.68 bits per heavy atom. The summed E-state index contributed by atoms with van der Waals surface area (Å²) in [4.78, 5) is 17.0. The first-order valence-corrected chi connectivity index (χ1v) is 8.31. The number of rotatable bonds is 5. The molecule has 1 aromatic heterocycles. The molecular weight excluding hydrogens is 332 g/mol. The highest BCUT2D eigenvalue weighted by Gasteiger charge is 2.13. The minimum atomic E-state index is -0.170. The van der Waals surface area contributed by atoms with Gasteiger partial charge in [-0.2, -0.15) is 0 Å². The molecule has 0 radical (unpaired) electrons. The Balaban J connectivity index is 1.89. The van der Waals surface area contributed by atoms with E-state index in [1.165, 1.54) is 0 Å². The number of carbonyl (C=O) groups excluding carboxylic acids is 1. The highest BCUT2D eigenvalue weighted by Crippen LogP contribution is 2.23. The van der Waals surface area contributed by atoms with Crippen LogP contribution >= 0.6 is 11.6 Å². The molecule has 3 rings (SSSR count). The van der Waals surface area contributed by atoms with Gasteiger partial charge in [0.1, 0.15) is 0 Å². The number of nitrogens with one attached hydrogen (secondary N) is 1. The van der Waals surface area contributed by atoms with Crippen LogP contribution in [0.1, 0.15) is 16.8 Å². The monoisotopic (exact) mass is 348 g/mol. The molecule has 4 heteroatoms. The van der Waals surface area contributed by atoms with Crippen LogP contribution in [-0.2, 0) is 11.3 Å². The zero-order valence-electron chi connectivity index (χ0n) is 13.5. The number of pyridine rings is 1. The average Bonchev–Trinajstić information content (AvgIpc) is 2.67. The Morgan fingerprint density at radius 1 is 0.960 bits per heavy atom. The van der Waals surface area contributed by atoms with Gasteiger partial charge in [0.25, 0.3) is 5.91 Å². The maximum atomic E-state index is 12.8. The van der Waals surface area contributed by atoms with Crippen molar-refractivity contribution in [3.8, 4) is 0 Å². The summed E-state index contributed by atoms with van der Waals surface area (Å²) in [6, 6.07) is 22.6. The summed E-state index contributed by atoms with van der Waals surface area (Å²) in [5.74, 6) is -0.170. The van der Waals surface area contributed by atoms with E-state index >= 15 is 0 Å². The molecule has 0 spiro atoms. The Hall–Kier alpha value is -2.91. The zero-order valence-corrected chi connectivity index (χ0v) is 14.3. The molecule has 0 atom stereocenters. The van der Waals surface area contributed by atoms with Crippen molar-refractivity contribution in [2.75, 3.05) is 0 Å². The van der Waals surface area contributed by atoms with Gasteiger partial charge < -0.3 is 5.32 Å². The molecular formula is C21H17ClN2O. The predicted molar refractivity (Wildman–Crippen MR) is 102 cm³/mol. The molecule has 3 aromatic rings. The maximum Gasteiger partial charge on any atom is 0.252 e. The Kier molecular flexibility index (Phi) is 5.60. The molecule has 25 heavy (non-hydrogen) atoms. The fourth-order valence-electron chi connectivity index (χ4n) is 2.41. The Bertz CT molecular complexity index is 877. The lowest BCUT2D eigenvalue weighted by atomic mass is 10.0. The van der Waals surface area contributed by atoms with Crippen LogP contribution in [0.15, 0.2) is 79.0 Å². The summed E-state index contributed by atoms with van der Waals surface area (Å²) in [6.45, 7) is 0.367. The van der Waals surface area contributed by atoms with E-state index in [1.54, 1.807) is 6.20 Å². The Morgan fingerprint density at radius 3 is 2.40 bits per heavy atom. The number of hydrogen-bond donors (Lipinski definition) is 1. The summed E-state index contributed by atoms with van der Waals surface area (Å²) in [5.41, 5.74) is 3.00. The number of amides is 1. The molecule has 0 aliphatic heterocycles. The molecule has 0 saturated carbocycles. The van der Waals surface area contributed by atoms with Gasteiger partial charge in [0.2, 0.25) is 0 Å². The number of hydrogen-bond acceptors (Lipinski definition) is 2. The summed E-state index contributed by atoms with van der Waals surface area (Å²) in [5, 5.41) is 3.53. The SMILES string of the molecule is O=C(NCc1ccccn1)/C(=C/c1ccccc1Cl)c1ccccc1. The fourth-order valence-corrected chi connectivity index (χ4v) is 2.60. The maximum absolute atomic E-state index is 12.8. The molecule has 0 aliphatic carbocycles. The van der Waals surface area contributed by atoms with Crippen LogP contribution in [0.5, 0.6) is 0 Å². The van der Waals surface area contributed by atoms with Gasteiger partial charge in [-0.1, -0.05) is 66.2 Å². The van der Waals surface area contributed by atoms with Gasteiger partial charge in [0.15, 0.2) is 0 Å². The third-order valence-electron chi connectivity index (χ3n) is 3.69. The fraction of sp³-hybridized carbons (Fsp3) is 0.0476. The van der Waals surface area contributed by atoms with Crippen molar-refractivity contribution in [2.24, 2.45) is 0 Å². The highest BCUT2D eigenvalue weighted by atomic mass is 35.5. The largest absolute Gasteiger partial charge is 0.346 e. The Labute approximate surface area is 152 Å². The summed E-state index contributed by atoms with van der Waals surface area (Å²) < 4.78 is 0. The molecule has 1 amide bonds. The van der Waals surface area contributed by atoms with E-state index in [0.29, 0.717) is 17.1 Å². The van der Waals surface area contributed by atoms with Gasteiger partial charge in [0.05, 0.1) is 12.2 Å². The lowest BCUT2D eigenvalue weighted by Gasteiger charge is -2.10. The van der Waals surface area contributed by atoms with Crippen LogP contribution in [0.25, 0.3) is 11.6 Å². The van der Waals surface area contributed by atoms with Crippen LogP contribution in [0, 0.1) is 0 Å². The highest BCUT2D eigenvalue weighted by molar-refractivity contribution is 6.33. The van der Waals surface area contributed by atoms with Gasteiger partial charge in [-0.25, -0.2) is 0 Å². The van der Waals surface area contributed by atoms with Gasteiger partial charge in [-0.3, -0.25) is 9.78 Å². The smallest absolute Gasteiger partial charge is 0.252 e. The van der Waals surface area contributed by atoms with Gasteiger partial charge >= 0.3 is 0 Å². The lowest BCUT2D eigenvalue weighted by molar-refractivity contribution is -0.115. The van der Waals surface area contributed by atoms with Crippen LogP contribution in [0.2, 0.25) is 5.02 Å². The normalized spacial score (nSPS) is 11.2. The van der Waals surface area contributed by atoms with E-state index in [1.807, 2.05) is 78.9 Å². The molecule has 0 aliphatic rings. The third-order valence-corrected chi connectivity index (χ3v) is 4.03.